The molecular weight excluding hydrogens is 471 g/mol. The number of piperazine rings is 1. The van der Waals surface area contributed by atoms with E-state index in [1.54, 1.807) is 0 Å². The molecule has 1 atom stereocenters. The van der Waals surface area contributed by atoms with Gasteiger partial charge in [-0.25, -0.2) is 13.4 Å². The molecule has 8 nitrogen and oxygen atoms in total. The predicted octanol–water partition coefficient (Wildman–Crippen LogP) is 1.88. The van der Waals surface area contributed by atoms with Gasteiger partial charge in [-0.15, -0.1) is 0 Å². The van der Waals surface area contributed by atoms with Crippen LogP contribution in [0.2, 0.25) is 0 Å². The van der Waals surface area contributed by atoms with E-state index in [0.717, 1.165) is 6.20 Å². The molecule has 1 aromatic carbocycles. The summed E-state index contributed by atoms with van der Waals surface area (Å²) in [7, 11) is -3.80. The summed E-state index contributed by atoms with van der Waals surface area (Å²) in [6.07, 6.45) is -4.92. The number of nitriles is 1. The Labute approximate surface area is 195 Å². The molecule has 2 heterocycles. The second-order valence-electron chi connectivity index (χ2n) is 7.70. The van der Waals surface area contributed by atoms with E-state index in [2.05, 4.69) is 16.2 Å². The summed E-state index contributed by atoms with van der Waals surface area (Å²) in [6.45, 7) is 2.48. The van der Waals surface area contributed by atoms with Gasteiger partial charge in [-0.3, -0.25) is 4.90 Å². The molecule has 1 aromatic heterocycles. The van der Waals surface area contributed by atoms with Gasteiger partial charge in [-0.2, -0.15) is 18.4 Å². The van der Waals surface area contributed by atoms with Crippen LogP contribution in [0, 0.1) is 22.5 Å². The highest BCUT2D eigenvalue weighted by Crippen LogP contribution is 2.41. The van der Waals surface area contributed by atoms with Crippen molar-refractivity contribution in [3.8, 4) is 17.2 Å². The van der Waals surface area contributed by atoms with Gasteiger partial charge in [-0.1, -0.05) is 18.1 Å². The minimum absolute atomic E-state index is 0.0327. The molecule has 0 saturated carbocycles. The van der Waals surface area contributed by atoms with Gasteiger partial charge in [0.25, 0.3) is 0 Å². The van der Waals surface area contributed by atoms with Crippen molar-refractivity contribution in [2.75, 3.05) is 43.4 Å². The zero-order valence-corrected chi connectivity index (χ0v) is 18.8. The summed E-state index contributed by atoms with van der Waals surface area (Å²) in [5.41, 5.74) is 2.52. The Morgan fingerprint density at radius 3 is 2.26 bits per heavy atom. The Morgan fingerprint density at radius 2 is 1.74 bits per heavy atom. The van der Waals surface area contributed by atoms with Crippen LogP contribution in [-0.2, 0) is 15.4 Å². The average molecular weight is 494 g/mol. The first-order chi connectivity index (χ1) is 16.0. The van der Waals surface area contributed by atoms with Gasteiger partial charge < -0.3 is 15.7 Å². The standard InChI is InChI=1S/C22H22F3N5O3S/c23-22(24,25)21(31,8-9-26)17-2-4-18(5-3-17)30-13-11-29(12-14-30)10-1-15-34(32,33)19-6-7-20(27)28-16-19/h2-7,16,31H,8,10-14H2,(H2,27,28)/t21-/m1/s1. The Morgan fingerprint density at radius 1 is 1.09 bits per heavy atom. The Bertz CT molecular complexity index is 1210. The van der Waals surface area contributed by atoms with E-state index >= 15 is 0 Å². The molecule has 180 valence electrons. The number of halogens is 3. The second-order valence-corrected chi connectivity index (χ2v) is 9.39. The first-order valence-electron chi connectivity index (χ1n) is 10.2. The largest absolute Gasteiger partial charge is 0.422 e. The third kappa shape index (κ3) is 5.59. The molecule has 0 amide bonds. The Balaban J connectivity index is 1.59. The Hall–Kier alpha value is -3.32. The maximum atomic E-state index is 13.3. The van der Waals surface area contributed by atoms with Crippen molar-refractivity contribution in [2.45, 2.75) is 23.1 Å². The van der Waals surface area contributed by atoms with E-state index < -0.39 is 33.6 Å². The van der Waals surface area contributed by atoms with Crippen molar-refractivity contribution < 1.29 is 26.7 Å². The molecule has 2 aromatic rings. The zero-order chi connectivity index (χ0) is 25.0. The molecule has 0 unspecified atom stereocenters. The number of anilines is 2. The van der Waals surface area contributed by atoms with E-state index in [0.29, 0.717) is 31.9 Å². The van der Waals surface area contributed by atoms with Crippen molar-refractivity contribution in [3.63, 3.8) is 0 Å². The highest BCUT2D eigenvalue weighted by atomic mass is 32.2. The van der Waals surface area contributed by atoms with Crippen LogP contribution in [0.15, 0.2) is 47.5 Å². The first-order valence-corrected chi connectivity index (χ1v) is 11.6. The summed E-state index contributed by atoms with van der Waals surface area (Å²) >= 11 is 0. The number of nitrogens with two attached hydrogens (primary N) is 1. The molecule has 0 bridgehead atoms. The number of benzene rings is 1. The van der Waals surface area contributed by atoms with Gasteiger partial charge in [-0.05, 0) is 29.8 Å². The van der Waals surface area contributed by atoms with Gasteiger partial charge in [0.15, 0.2) is 5.60 Å². The monoisotopic (exact) mass is 493 g/mol. The van der Waals surface area contributed by atoms with Crippen molar-refractivity contribution in [1.29, 1.82) is 5.26 Å². The van der Waals surface area contributed by atoms with Gasteiger partial charge in [0, 0.05) is 43.3 Å². The second kappa shape index (κ2) is 9.89. The molecule has 1 saturated heterocycles. The summed E-state index contributed by atoms with van der Waals surface area (Å²) in [6, 6.07) is 9.42. The van der Waals surface area contributed by atoms with Gasteiger partial charge >= 0.3 is 6.18 Å². The molecule has 34 heavy (non-hydrogen) atoms. The van der Waals surface area contributed by atoms with E-state index in [4.69, 9.17) is 11.0 Å². The summed E-state index contributed by atoms with van der Waals surface area (Å²) in [5, 5.41) is 21.0. The van der Waals surface area contributed by atoms with Crippen LogP contribution >= 0.6 is 0 Å². The topological polar surface area (TPSA) is 124 Å². The lowest BCUT2D eigenvalue weighted by molar-refractivity contribution is -0.264. The lowest BCUT2D eigenvalue weighted by atomic mass is 9.90. The number of aliphatic hydroxyl groups is 1. The van der Waals surface area contributed by atoms with Crippen LogP contribution in [0.5, 0.6) is 0 Å². The molecule has 12 heteroatoms. The summed E-state index contributed by atoms with van der Waals surface area (Å²) in [5.74, 6) is 2.87. The number of hydrogen-bond acceptors (Lipinski definition) is 8. The fraction of sp³-hybridized carbons (Fsp3) is 0.364. The third-order valence-electron chi connectivity index (χ3n) is 5.46. The van der Waals surface area contributed by atoms with Crippen LogP contribution in [0.25, 0.3) is 0 Å². The van der Waals surface area contributed by atoms with Crippen molar-refractivity contribution >= 4 is 21.3 Å². The molecular formula is C22H22F3N5O3S. The number of nitrogen functional groups attached to an aromatic ring is 1. The average Bonchev–Trinajstić information content (AvgIpc) is 2.79. The van der Waals surface area contributed by atoms with E-state index in [1.807, 2.05) is 9.80 Å². The Kier molecular flexibility index (Phi) is 7.36. The molecule has 3 rings (SSSR count). The van der Waals surface area contributed by atoms with Crippen LogP contribution in [-0.4, -0.2) is 62.3 Å². The van der Waals surface area contributed by atoms with Gasteiger partial charge in [0.2, 0.25) is 9.84 Å². The molecule has 1 aliphatic rings. The fourth-order valence-corrected chi connectivity index (χ4v) is 4.25. The number of pyridine rings is 1. The normalized spacial score (nSPS) is 16.7. The number of nitrogens with zero attached hydrogens (tertiary/aromatic N) is 4. The summed E-state index contributed by atoms with van der Waals surface area (Å²) in [4.78, 5) is 7.64. The lowest BCUT2D eigenvalue weighted by Crippen LogP contribution is -2.46. The van der Waals surface area contributed by atoms with Gasteiger partial charge in [0.05, 0.1) is 23.9 Å². The quantitative estimate of drug-likeness (QED) is 0.478. The van der Waals surface area contributed by atoms with Crippen LogP contribution < -0.4 is 10.6 Å². The van der Waals surface area contributed by atoms with Crippen molar-refractivity contribution in [2.24, 2.45) is 0 Å². The number of alkyl halides is 3. The predicted molar refractivity (Wildman–Crippen MR) is 119 cm³/mol. The molecule has 1 fully saturated rings. The highest BCUT2D eigenvalue weighted by Gasteiger charge is 2.54. The number of rotatable bonds is 5. The number of aromatic nitrogens is 1. The van der Waals surface area contributed by atoms with E-state index in [9.17, 15) is 26.7 Å². The van der Waals surface area contributed by atoms with Crippen LogP contribution in [0.4, 0.5) is 24.7 Å². The maximum absolute atomic E-state index is 13.3. The zero-order valence-electron chi connectivity index (χ0n) is 18.0. The van der Waals surface area contributed by atoms with E-state index in [1.165, 1.54) is 42.5 Å². The fourth-order valence-electron chi connectivity index (χ4n) is 3.44. The number of hydrogen-bond donors (Lipinski definition) is 2. The molecule has 1 aliphatic heterocycles. The molecule has 0 radical (unpaired) electrons. The van der Waals surface area contributed by atoms with E-state index in [-0.39, 0.29) is 17.3 Å². The molecule has 0 aliphatic carbocycles. The summed E-state index contributed by atoms with van der Waals surface area (Å²) < 4.78 is 64.3. The van der Waals surface area contributed by atoms with Crippen LogP contribution in [0.1, 0.15) is 12.0 Å². The minimum atomic E-state index is -4.98. The number of sulfone groups is 1. The van der Waals surface area contributed by atoms with Gasteiger partial charge in [0.1, 0.15) is 5.82 Å². The lowest BCUT2D eigenvalue weighted by Gasteiger charge is -2.35. The highest BCUT2D eigenvalue weighted by molar-refractivity contribution is 7.96. The maximum Gasteiger partial charge on any atom is 0.422 e. The molecule has 0 spiro atoms. The SMILES string of the molecule is N#CC[C@@](O)(c1ccc(N2CCN(CC#CS(=O)(=O)c3ccc(N)nc3)CC2)cc1)C(F)(F)F. The van der Waals surface area contributed by atoms with Crippen molar-refractivity contribution in [1.82, 2.24) is 9.88 Å². The first kappa shape index (κ1) is 25.3. The minimum Gasteiger partial charge on any atom is -0.384 e. The molecule has 3 N–H and O–H groups in total. The smallest absolute Gasteiger partial charge is 0.384 e. The third-order valence-corrected chi connectivity index (χ3v) is 6.74. The van der Waals surface area contributed by atoms with Crippen LogP contribution in [0.3, 0.4) is 0 Å². The van der Waals surface area contributed by atoms with Crippen molar-refractivity contribution in [3.05, 3.63) is 48.2 Å².